The first-order chi connectivity index (χ1) is 7.71. The molecule has 0 saturated carbocycles. The molecule has 0 unspecified atom stereocenters. The molecular formula is C13H15NO2. The van der Waals surface area contributed by atoms with E-state index in [-0.39, 0.29) is 0 Å². The van der Waals surface area contributed by atoms with Crippen LogP contribution in [0.4, 0.5) is 0 Å². The monoisotopic (exact) mass is 217 g/mol. The van der Waals surface area contributed by atoms with Crippen LogP contribution in [0.1, 0.15) is 11.1 Å². The predicted octanol–water partition coefficient (Wildman–Crippen LogP) is 2.28. The molecule has 1 aliphatic rings. The number of methoxy groups -OCH3 is 2. The summed E-state index contributed by atoms with van der Waals surface area (Å²) in [7, 11) is 5.31. The molecule has 16 heavy (non-hydrogen) atoms. The predicted molar refractivity (Wildman–Crippen MR) is 63.6 cm³/mol. The van der Waals surface area contributed by atoms with Gasteiger partial charge in [0.1, 0.15) is 0 Å². The number of ether oxygens (including phenoxy) is 2. The maximum atomic E-state index is 5.28. The third-order valence-electron chi connectivity index (χ3n) is 2.82. The van der Waals surface area contributed by atoms with Crippen molar-refractivity contribution in [2.75, 3.05) is 21.3 Å². The molecule has 1 aliphatic heterocycles. The van der Waals surface area contributed by atoms with Gasteiger partial charge in [-0.2, -0.15) is 0 Å². The van der Waals surface area contributed by atoms with E-state index in [1.54, 1.807) is 14.2 Å². The van der Waals surface area contributed by atoms with Gasteiger partial charge in [0.05, 0.1) is 19.9 Å². The van der Waals surface area contributed by atoms with Gasteiger partial charge in [-0.3, -0.25) is 0 Å². The van der Waals surface area contributed by atoms with Crippen LogP contribution in [0, 0.1) is 0 Å². The second kappa shape index (κ2) is 3.95. The van der Waals surface area contributed by atoms with Gasteiger partial charge < -0.3 is 14.4 Å². The van der Waals surface area contributed by atoms with Crippen molar-refractivity contribution in [3.05, 3.63) is 35.6 Å². The van der Waals surface area contributed by atoms with Gasteiger partial charge >= 0.3 is 0 Å². The molecule has 0 radical (unpaired) electrons. The molecule has 0 fully saturated rings. The Bertz CT molecular complexity index is 473. The average molecular weight is 217 g/mol. The molecule has 3 nitrogen and oxygen atoms in total. The first-order valence-corrected chi connectivity index (χ1v) is 5.07. The first-order valence-electron chi connectivity index (χ1n) is 5.07. The van der Waals surface area contributed by atoms with Crippen molar-refractivity contribution in [3.63, 3.8) is 0 Å². The first kappa shape index (κ1) is 10.7. The van der Waals surface area contributed by atoms with Gasteiger partial charge in [-0.15, -0.1) is 5.73 Å². The Morgan fingerprint density at radius 3 is 2.44 bits per heavy atom. The van der Waals surface area contributed by atoms with Gasteiger partial charge in [-0.05, 0) is 17.7 Å². The lowest BCUT2D eigenvalue weighted by Crippen LogP contribution is -2.06. The standard InChI is InChI=1S/C13H15NO2/c1-5-11-10-7-13(16-4)12(15-3)6-9(10)8-14(11)2/h6-7H,1,8H2,2-4H3. The number of nitrogens with zero attached hydrogens (tertiary/aromatic N) is 1. The summed E-state index contributed by atoms with van der Waals surface area (Å²) in [6.07, 6.45) is 0. The van der Waals surface area contributed by atoms with E-state index in [0.717, 1.165) is 29.3 Å². The molecule has 0 aromatic heterocycles. The molecule has 0 atom stereocenters. The molecule has 0 aliphatic carbocycles. The van der Waals surface area contributed by atoms with Crippen molar-refractivity contribution >= 4 is 5.70 Å². The van der Waals surface area contributed by atoms with Gasteiger partial charge in [-0.25, -0.2) is 0 Å². The van der Waals surface area contributed by atoms with E-state index in [0.29, 0.717) is 0 Å². The van der Waals surface area contributed by atoms with Crippen molar-refractivity contribution in [2.45, 2.75) is 6.54 Å². The van der Waals surface area contributed by atoms with Crippen LogP contribution < -0.4 is 9.47 Å². The summed E-state index contributed by atoms with van der Waals surface area (Å²) in [6, 6.07) is 3.99. The van der Waals surface area contributed by atoms with Gasteiger partial charge in [0.2, 0.25) is 0 Å². The van der Waals surface area contributed by atoms with E-state index in [1.807, 2.05) is 19.2 Å². The molecule has 0 bridgehead atoms. The topological polar surface area (TPSA) is 21.7 Å². The Labute approximate surface area is 95.6 Å². The quantitative estimate of drug-likeness (QED) is 0.709. The second-order valence-corrected chi connectivity index (χ2v) is 3.75. The van der Waals surface area contributed by atoms with Crippen molar-refractivity contribution in [2.24, 2.45) is 0 Å². The van der Waals surface area contributed by atoms with E-state index in [2.05, 4.69) is 17.2 Å². The lowest BCUT2D eigenvalue weighted by atomic mass is 10.1. The SMILES string of the molecule is C=C=C1c2cc(OC)c(OC)cc2CN1C. The Kier molecular flexibility index (Phi) is 2.63. The summed E-state index contributed by atoms with van der Waals surface area (Å²) in [6.45, 7) is 4.57. The van der Waals surface area contributed by atoms with Crippen LogP contribution in [-0.4, -0.2) is 26.2 Å². The van der Waals surface area contributed by atoms with Gasteiger partial charge in [0, 0.05) is 19.2 Å². The fourth-order valence-electron chi connectivity index (χ4n) is 2.04. The van der Waals surface area contributed by atoms with Crippen LogP contribution in [0.3, 0.4) is 0 Å². The van der Waals surface area contributed by atoms with Crippen molar-refractivity contribution in [1.29, 1.82) is 0 Å². The minimum absolute atomic E-state index is 0.740. The molecule has 1 aromatic rings. The molecular weight excluding hydrogens is 202 g/mol. The molecule has 1 heterocycles. The molecule has 0 saturated heterocycles. The third-order valence-corrected chi connectivity index (χ3v) is 2.82. The fourth-order valence-corrected chi connectivity index (χ4v) is 2.04. The van der Waals surface area contributed by atoms with Gasteiger partial charge in [-0.1, -0.05) is 6.58 Å². The zero-order valence-electron chi connectivity index (χ0n) is 9.83. The van der Waals surface area contributed by atoms with Crippen molar-refractivity contribution in [3.8, 4) is 11.5 Å². The maximum Gasteiger partial charge on any atom is 0.161 e. The van der Waals surface area contributed by atoms with Crippen LogP contribution in [-0.2, 0) is 6.54 Å². The van der Waals surface area contributed by atoms with Crippen LogP contribution in [0.15, 0.2) is 24.4 Å². The van der Waals surface area contributed by atoms with E-state index < -0.39 is 0 Å². The Hall–Kier alpha value is -1.86. The van der Waals surface area contributed by atoms with E-state index in [9.17, 15) is 0 Å². The molecule has 0 spiro atoms. The third kappa shape index (κ3) is 1.46. The number of fused-ring (bicyclic) bond motifs is 1. The lowest BCUT2D eigenvalue weighted by Gasteiger charge is -2.10. The Morgan fingerprint density at radius 2 is 1.88 bits per heavy atom. The zero-order chi connectivity index (χ0) is 11.7. The minimum atomic E-state index is 0.740. The van der Waals surface area contributed by atoms with Crippen LogP contribution >= 0.6 is 0 Å². The summed E-state index contributed by atoms with van der Waals surface area (Å²) < 4.78 is 10.6. The Balaban J connectivity index is 2.60. The molecule has 84 valence electrons. The fraction of sp³-hybridized carbons (Fsp3) is 0.308. The van der Waals surface area contributed by atoms with Crippen LogP contribution in [0.2, 0.25) is 0 Å². The highest BCUT2D eigenvalue weighted by molar-refractivity contribution is 5.72. The second-order valence-electron chi connectivity index (χ2n) is 3.75. The summed E-state index contributed by atoms with van der Waals surface area (Å²) in [5.74, 6) is 1.50. The summed E-state index contributed by atoms with van der Waals surface area (Å²) in [5, 5.41) is 0. The molecule has 0 amide bonds. The Morgan fingerprint density at radius 1 is 1.25 bits per heavy atom. The lowest BCUT2D eigenvalue weighted by molar-refractivity contribution is 0.354. The molecule has 1 aromatic carbocycles. The highest BCUT2D eigenvalue weighted by atomic mass is 16.5. The summed E-state index contributed by atoms with van der Waals surface area (Å²) in [4.78, 5) is 2.11. The zero-order valence-corrected chi connectivity index (χ0v) is 9.83. The normalized spacial score (nSPS) is 13.4. The summed E-state index contributed by atoms with van der Waals surface area (Å²) >= 11 is 0. The maximum absolute atomic E-state index is 5.28. The summed E-state index contributed by atoms with van der Waals surface area (Å²) in [5.41, 5.74) is 6.30. The van der Waals surface area contributed by atoms with Crippen LogP contribution in [0.25, 0.3) is 5.70 Å². The number of benzene rings is 1. The number of hydrogen-bond donors (Lipinski definition) is 0. The van der Waals surface area contributed by atoms with Crippen molar-refractivity contribution < 1.29 is 9.47 Å². The molecule has 0 N–H and O–H groups in total. The highest BCUT2D eigenvalue weighted by Gasteiger charge is 2.23. The van der Waals surface area contributed by atoms with E-state index in [1.165, 1.54) is 5.56 Å². The van der Waals surface area contributed by atoms with Crippen molar-refractivity contribution in [1.82, 2.24) is 4.90 Å². The van der Waals surface area contributed by atoms with Crippen LogP contribution in [0.5, 0.6) is 11.5 Å². The minimum Gasteiger partial charge on any atom is -0.493 e. The largest absolute Gasteiger partial charge is 0.493 e. The molecule has 2 rings (SSSR count). The highest BCUT2D eigenvalue weighted by Crippen LogP contribution is 2.38. The molecule has 3 heteroatoms. The van der Waals surface area contributed by atoms with Gasteiger partial charge in [0.25, 0.3) is 0 Å². The smallest absolute Gasteiger partial charge is 0.161 e. The average Bonchev–Trinajstić information content (AvgIpc) is 2.61. The van der Waals surface area contributed by atoms with E-state index >= 15 is 0 Å². The van der Waals surface area contributed by atoms with E-state index in [4.69, 9.17) is 9.47 Å². The number of hydrogen-bond acceptors (Lipinski definition) is 3. The van der Waals surface area contributed by atoms with Gasteiger partial charge in [0.15, 0.2) is 11.5 Å². The number of rotatable bonds is 2.